The number of fused-ring (bicyclic) bond motifs is 2. The van der Waals surface area contributed by atoms with Crippen molar-refractivity contribution in [1.29, 1.82) is 0 Å². The maximum absolute atomic E-state index is 12.6. The number of rotatable bonds is 5. The maximum Gasteiger partial charge on any atom is 0.255 e. The fourth-order valence-electron chi connectivity index (χ4n) is 3.23. The van der Waals surface area contributed by atoms with Gasteiger partial charge in [-0.15, -0.1) is 0 Å². The van der Waals surface area contributed by atoms with Gasteiger partial charge in [-0.05, 0) is 42.0 Å². The summed E-state index contributed by atoms with van der Waals surface area (Å²) < 4.78 is 11.1. The predicted molar refractivity (Wildman–Crippen MR) is 117 cm³/mol. The fraction of sp³-hybridized carbons (Fsp3) is 0.130. The quantitative estimate of drug-likeness (QED) is 0.453. The zero-order valence-electron chi connectivity index (χ0n) is 16.1. The van der Waals surface area contributed by atoms with Crippen LogP contribution in [0.15, 0.2) is 71.9 Å². The standard InChI is InChI=1S/C23H19N3O3S/c27-22(24-17-9-10-20-21(13-17)29-12-11-28-20)16-7-5-15(6-8-16)14-30-23-25-18-3-1-2-4-19(18)26-23/h1-10,13H,11-12,14H2,(H,24,27)(H,25,26). The van der Waals surface area contributed by atoms with Crippen molar-refractivity contribution in [3.05, 3.63) is 77.9 Å². The molecule has 5 rings (SSSR count). The lowest BCUT2D eigenvalue weighted by atomic mass is 10.1. The second kappa shape index (κ2) is 8.12. The van der Waals surface area contributed by atoms with E-state index in [1.165, 1.54) is 0 Å². The number of carbonyl (C=O) groups is 1. The summed E-state index contributed by atoms with van der Waals surface area (Å²) in [5.41, 5.74) is 4.39. The summed E-state index contributed by atoms with van der Waals surface area (Å²) in [5.74, 6) is 1.95. The minimum absolute atomic E-state index is 0.164. The molecule has 1 amide bonds. The Morgan fingerprint density at radius 3 is 2.63 bits per heavy atom. The molecule has 2 heterocycles. The van der Waals surface area contributed by atoms with E-state index in [2.05, 4.69) is 15.3 Å². The topological polar surface area (TPSA) is 76.2 Å². The van der Waals surface area contributed by atoms with Gasteiger partial charge in [0, 0.05) is 23.1 Å². The third-order valence-corrected chi connectivity index (χ3v) is 5.70. The smallest absolute Gasteiger partial charge is 0.255 e. The molecule has 1 aromatic heterocycles. The zero-order chi connectivity index (χ0) is 20.3. The van der Waals surface area contributed by atoms with Crippen LogP contribution in [0.5, 0.6) is 11.5 Å². The molecule has 4 aromatic rings. The van der Waals surface area contributed by atoms with E-state index < -0.39 is 0 Å². The number of benzene rings is 3. The molecule has 0 saturated heterocycles. The van der Waals surface area contributed by atoms with Crippen molar-refractivity contribution in [2.45, 2.75) is 10.9 Å². The molecular weight excluding hydrogens is 398 g/mol. The average Bonchev–Trinajstić information content (AvgIpc) is 3.21. The molecule has 2 N–H and O–H groups in total. The number of H-pyrrole nitrogens is 1. The summed E-state index contributed by atoms with van der Waals surface area (Å²) in [4.78, 5) is 20.5. The van der Waals surface area contributed by atoms with E-state index in [0.29, 0.717) is 36.0 Å². The third kappa shape index (κ3) is 3.97. The van der Waals surface area contributed by atoms with Crippen molar-refractivity contribution in [1.82, 2.24) is 9.97 Å². The lowest BCUT2D eigenvalue weighted by molar-refractivity contribution is 0.102. The molecule has 30 heavy (non-hydrogen) atoms. The largest absolute Gasteiger partial charge is 0.486 e. The molecule has 3 aromatic carbocycles. The van der Waals surface area contributed by atoms with E-state index >= 15 is 0 Å². The van der Waals surface area contributed by atoms with Crippen molar-refractivity contribution in [2.24, 2.45) is 0 Å². The lowest BCUT2D eigenvalue weighted by Gasteiger charge is -2.19. The van der Waals surface area contributed by atoms with Crippen LogP contribution in [0.2, 0.25) is 0 Å². The van der Waals surface area contributed by atoms with Crippen molar-refractivity contribution >= 4 is 34.4 Å². The Morgan fingerprint density at radius 2 is 1.80 bits per heavy atom. The summed E-state index contributed by atoms with van der Waals surface area (Å²) in [6, 6.07) is 21.0. The zero-order valence-corrected chi connectivity index (χ0v) is 16.9. The number of para-hydroxylation sites is 2. The first-order valence-corrected chi connectivity index (χ1v) is 10.6. The fourth-order valence-corrected chi connectivity index (χ4v) is 4.07. The van der Waals surface area contributed by atoms with E-state index in [0.717, 1.165) is 27.5 Å². The number of anilines is 1. The summed E-state index contributed by atoms with van der Waals surface area (Å²) in [6.07, 6.45) is 0. The van der Waals surface area contributed by atoms with Crippen LogP contribution in [0.4, 0.5) is 5.69 Å². The Kier molecular flexibility index (Phi) is 5.03. The molecule has 6 nitrogen and oxygen atoms in total. The Labute approximate surface area is 177 Å². The van der Waals surface area contributed by atoms with E-state index in [4.69, 9.17) is 9.47 Å². The molecule has 1 aliphatic rings. The molecule has 7 heteroatoms. The van der Waals surface area contributed by atoms with E-state index in [-0.39, 0.29) is 5.91 Å². The normalized spacial score (nSPS) is 12.7. The van der Waals surface area contributed by atoms with Crippen LogP contribution in [-0.4, -0.2) is 29.1 Å². The maximum atomic E-state index is 12.6. The first-order valence-electron chi connectivity index (χ1n) is 9.62. The second-order valence-electron chi connectivity index (χ2n) is 6.86. The highest BCUT2D eigenvalue weighted by Gasteiger charge is 2.13. The first-order chi connectivity index (χ1) is 14.7. The van der Waals surface area contributed by atoms with Gasteiger partial charge in [0.15, 0.2) is 16.7 Å². The molecule has 0 spiro atoms. The first kappa shape index (κ1) is 18.6. The number of thioether (sulfide) groups is 1. The molecule has 0 fully saturated rings. The SMILES string of the molecule is O=C(Nc1ccc2c(c1)OCCO2)c1ccc(CSc2nc3ccccc3[nH]2)cc1. The second-order valence-corrected chi connectivity index (χ2v) is 7.82. The molecule has 0 saturated carbocycles. The number of imidazole rings is 1. The van der Waals surface area contributed by atoms with Crippen molar-refractivity contribution in [3.63, 3.8) is 0 Å². The summed E-state index contributed by atoms with van der Waals surface area (Å²) in [7, 11) is 0. The van der Waals surface area contributed by atoms with E-state index in [1.54, 1.807) is 17.8 Å². The van der Waals surface area contributed by atoms with Gasteiger partial charge in [-0.3, -0.25) is 4.79 Å². The summed E-state index contributed by atoms with van der Waals surface area (Å²) in [5, 5.41) is 3.79. The number of carbonyl (C=O) groups excluding carboxylic acids is 1. The van der Waals surface area contributed by atoms with Crippen LogP contribution in [0.3, 0.4) is 0 Å². The molecule has 0 radical (unpaired) electrons. The Morgan fingerprint density at radius 1 is 1.00 bits per heavy atom. The number of hydrogen-bond acceptors (Lipinski definition) is 5. The average molecular weight is 417 g/mol. The van der Waals surface area contributed by atoms with Gasteiger partial charge in [0.1, 0.15) is 13.2 Å². The predicted octanol–water partition coefficient (Wildman–Crippen LogP) is 4.88. The van der Waals surface area contributed by atoms with Gasteiger partial charge in [0.2, 0.25) is 0 Å². The van der Waals surface area contributed by atoms with Gasteiger partial charge < -0.3 is 19.8 Å². The van der Waals surface area contributed by atoms with Crippen molar-refractivity contribution in [2.75, 3.05) is 18.5 Å². The van der Waals surface area contributed by atoms with E-state index in [1.807, 2.05) is 60.7 Å². The molecule has 150 valence electrons. The molecule has 1 aliphatic heterocycles. The number of amides is 1. The van der Waals surface area contributed by atoms with Crippen LogP contribution in [0, 0.1) is 0 Å². The summed E-state index contributed by atoms with van der Waals surface area (Å²) >= 11 is 1.64. The van der Waals surface area contributed by atoms with Gasteiger partial charge in [0.25, 0.3) is 5.91 Å². The van der Waals surface area contributed by atoms with Gasteiger partial charge in [-0.1, -0.05) is 36.0 Å². The molecular formula is C23H19N3O3S. The minimum atomic E-state index is -0.164. The number of nitrogens with zero attached hydrogens (tertiary/aromatic N) is 1. The minimum Gasteiger partial charge on any atom is -0.486 e. The van der Waals surface area contributed by atoms with Crippen LogP contribution in [0.25, 0.3) is 11.0 Å². The Hall–Kier alpha value is -3.45. The van der Waals surface area contributed by atoms with Crippen LogP contribution in [-0.2, 0) is 5.75 Å². The van der Waals surface area contributed by atoms with Crippen molar-refractivity contribution < 1.29 is 14.3 Å². The van der Waals surface area contributed by atoms with Crippen molar-refractivity contribution in [3.8, 4) is 11.5 Å². The van der Waals surface area contributed by atoms with E-state index in [9.17, 15) is 4.79 Å². The monoisotopic (exact) mass is 417 g/mol. The van der Waals surface area contributed by atoms with Crippen LogP contribution < -0.4 is 14.8 Å². The Bertz CT molecular complexity index is 1170. The number of hydrogen-bond donors (Lipinski definition) is 2. The molecule has 0 atom stereocenters. The highest BCUT2D eigenvalue weighted by Crippen LogP contribution is 2.32. The molecule has 0 aliphatic carbocycles. The molecule has 0 unspecified atom stereocenters. The van der Waals surface area contributed by atoms with Gasteiger partial charge in [-0.25, -0.2) is 4.98 Å². The van der Waals surface area contributed by atoms with Gasteiger partial charge in [0.05, 0.1) is 11.0 Å². The number of nitrogens with one attached hydrogen (secondary N) is 2. The van der Waals surface area contributed by atoms with Crippen LogP contribution in [0.1, 0.15) is 15.9 Å². The Balaban J connectivity index is 1.21. The highest BCUT2D eigenvalue weighted by atomic mass is 32.2. The summed E-state index contributed by atoms with van der Waals surface area (Å²) in [6.45, 7) is 1.05. The van der Waals surface area contributed by atoms with Gasteiger partial charge in [-0.2, -0.15) is 0 Å². The number of aromatic amines is 1. The number of ether oxygens (including phenoxy) is 2. The molecule has 0 bridgehead atoms. The lowest BCUT2D eigenvalue weighted by Crippen LogP contribution is -2.16. The highest BCUT2D eigenvalue weighted by molar-refractivity contribution is 7.98. The number of aromatic nitrogens is 2. The van der Waals surface area contributed by atoms with Gasteiger partial charge >= 0.3 is 0 Å². The van der Waals surface area contributed by atoms with Crippen LogP contribution >= 0.6 is 11.8 Å². The third-order valence-electron chi connectivity index (χ3n) is 4.76.